The third-order valence-corrected chi connectivity index (χ3v) is 6.06. The molecular formula is C21H29N3O4. The average molecular weight is 387 g/mol. The smallest absolute Gasteiger partial charge is 0.267 e. The van der Waals surface area contributed by atoms with Gasteiger partial charge in [0, 0.05) is 45.2 Å². The SMILES string of the molecule is CC1Oc2ccccc2OC1C(=O)N1CCC(C(=O)N2CCN(C)CC2)CC1. The van der Waals surface area contributed by atoms with Gasteiger partial charge in [-0.05, 0) is 38.9 Å². The molecule has 1 aromatic carbocycles. The Morgan fingerprint density at radius 1 is 0.857 bits per heavy atom. The lowest BCUT2D eigenvalue weighted by molar-refractivity contribution is -0.148. The molecular weight excluding hydrogens is 358 g/mol. The van der Waals surface area contributed by atoms with Crippen molar-refractivity contribution in [2.45, 2.75) is 32.0 Å². The van der Waals surface area contributed by atoms with E-state index >= 15 is 0 Å². The summed E-state index contributed by atoms with van der Waals surface area (Å²) in [4.78, 5) is 31.9. The van der Waals surface area contributed by atoms with E-state index in [-0.39, 0.29) is 23.8 Å². The molecule has 2 saturated heterocycles. The fraction of sp³-hybridized carbons (Fsp3) is 0.619. The van der Waals surface area contributed by atoms with Crippen molar-refractivity contribution < 1.29 is 19.1 Å². The fourth-order valence-corrected chi connectivity index (χ4v) is 4.20. The second-order valence-electron chi connectivity index (χ2n) is 8.04. The topological polar surface area (TPSA) is 62.3 Å². The van der Waals surface area contributed by atoms with Gasteiger partial charge in [0.1, 0.15) is 6.10 Å². The molecule has 0 radical (unpaired) electrons. The zero-order chi connectivity index (χ0) is 19.7. The number of likely N-dealkylation sites (N-methyl/N-ethyl adjacent to an activating group) is 1. The quantitative estimate of drug-likeness (QED) is 0.764. The molecule has 3 aliphatic rings. The van der Waals surface area contributed by atoms with Crippen molar-refractivity contribution in [2.75, 3.05) is 46.3 Å². The zero-order valence-corrected chi connectivity index (χ0v) is 16.7. The maximum Gasteiger partial charge on any atom is 0.267 e. The van der Waals surface area contributed by atoms with Crippen LogP contribution in [-0.2, 0) is 9.59 Å². The number of fused-ring (bicyclic) bond motifs is 1. The highest BCUT2D eigenvalue weighted by molar-refractivity contribution is 5.83. The molecule has 7 heteroatoms. The number of likely N-dealkylation sites (tertiary alicyclic amines) is 1. The Morgan fingerprint density at radius 3 is 2.07 bits per heavy atom. The third kappa shape index (κ3) is 3.81. The first-order chi connectivity index (χ1) is 13.5. The predicted molar refractivity (Wildman–Crippen MR) is 104 cm³/mol. The fourth-order valence-electron chi connectivity index (χ4n) is 4.20. The summed E-state index contributed by atoms with van der Waals surface area (Å²) in [6.45, 7) is 6.52. The first kappa shape index (κ1) is 19.1. The number of piperidine rings is 1. The molecule has 0 N–H and O–H groups in total. The number of hydrogen-bond acceptors (Lipinski definition) is 5. The summed E-state index contributed by atoms with van der Waals surface area (Å²) in [5.41, 5.74) is 0. The molecule has 2 amide bonds. The Labute approximate surface area is 166 Å². The molecule has 0 bridgehead atoms. The number of ether oxygens (including phenoxy) is 2. The van der Waals surface area contributed by atoms with Crippen molar-refractivity contribution in [3.8, 4) is 11.5 Å². The molecule has 2 atom stereocenters. The minimum Gasteiger partial charge on any atom is -0.482 e. The van der Waals surface area contributed by atoms with Crippen molar-refractivity contribution >= 4 is 11.8 Å². The van der Waals surface area contributed by atoms with Gasteiger partial charge >= 0.3 is 0 Å². The van der Waals surface area contributed by atoms with Crippen molar-refractivity contribution in [1.29, 1.82) is 0 Å². The molecule has 4 rings (SSSR count). The molecule has 0 aromatic heterocycles. The molecule has 3 aliphatic heterocycles. The van der Waals surface area contributed by atoms with Gasteiger partial charge in [-0.25, -0.2) is 0 Å². The van der Waals surface area contributed by atoms with Gasteiger partial charge < -0.3 is 24.2 Å². The monoisotopic (exact) mass is 387 g/mol. The minimum atomic E-state index is -0.639. The summed E-state index contributed by atoms with van der Waals surface area (Å²) >= 11 is 0. The number of rotatable bonds is 2. The summed E-state index contributed by atoms with van der Waals surface area (Å²) in [6.07, 6.45) is 0.456. The van der Waals surface area contributed by atoms with E-state index in [0.29, 0.717) is 24.6 Å². The molecule has 0 saturated carbocycles. The van der Waals surface area contributed by atoms with E-state index in [4.69, 9.17) is 9.47 Å². The molecule has 7 nitrogen and oxygen atoms in total. The summed E-state index contributed by atoms with van der Waals surface area (Å²) in [6, 6.07) is 7.43. The third-order valence-electron chi connectivity index (χ3n) is 6.06. The van der Waals surface area contributed by atoms with Crippen LogP contribution in [0, 0.1) is 5.92 Å². The maximum atomic E-state index is 13.0. The van der Waals surface area contributed by atoms with Crippen LogP contribution in [0.2, 0.25) is 0 Å². The molecule has 3 heterocycles. The highest BCUT2D eigenvalue weighted by atomic mass is 16.6. The number of carbonyl (C=O) groups excluding carboxylic acids is 2. The Hall–Kier alpha value is -2.28. The normalized spacial score (nSPS) is 26.2. The highest BCUT2D eigenvalue weighted by Gasteiger charge is 2.39. The maximum absolute atomic E-state index is 13.0. The molecule has 1 aromatic rings. The van der Waals surface area contributed by atoms with Gasteiger partial charge in [0.25, 0.3) is 5.91 Å². The number of piperazine rings is 1. The van der Waals surface area contributed by atoms with E-state index in [1.54, 1.807) is 0 Å². The Kier molecular flexibility index (Phi) is 5.44. The van der Waals surface area contributed by atoms with Crippen molar-refractivity contribution in [1.82, 2.24) is 14.7 Å². The highest BCUT2D eigenvalue weighted by Crippen LogP contribution is 2.34. The van der Waals surface area contributed by atoms with Crippen LogP contribution in [0.3, 0.4) is 0 Å². The average Bonchev–Trinajstić information content (AvgIpc) is 2.73. The van der Waals surface area contributed by atoms with Crippen LogP contribution in [0.25, 0.3) is 0 Å². The Morgan fingerprint density at radius 2 is 1.43 bits per heavy atom. The van der Waals surface area contributed by atoms with Gasteiger partial charge in [0.2, 0.25) is 12.0 Å². The number of hydrogen-bond donors (Lipinski definition) is 0. The van der Waals surface area contributed by atoms with E-state index < -0.39 is 6.10 Å². The van der Waals surface area contributed by atoms with E-state index in [9.17, 15) is 9.59 Å². The van der Waals surface area contributed by atoms with Gasteiger partial charge in [-0.1, -0.05) is 12.1 Å². The summed E-state index contributed by atoms with van der Waals surface area (Å²) < 4.78 is 11.8. The molecule has 152 valence electrons. The van der Waals surface area contributed by atoms with E-state index in [2.05, 4.69) is 11.9 Å². The van der Waals surface area contributed by atoms with E-state index in [0.717, 1.165) is 39.0 Å². The first-order valence-electron chi connectivity index (χ1n) is 10.2. The lowest BCUT2D eigenvalue weighted by Crippen LogP contribution is -2.54. The Bertz CT molecular complexity index is 724. The van der Waals surface area contributed by atoms with Gasteiger partial charge in [0.15, 0.2) is 11.5 Å². The summed E-state index contributed by atoms with van der Waals surface area (Å²) in [5.74, 6) is 1.51. The van der Waals surface area contributed by atoms with Gasteiger partial charge in [-0.3, -0.25) is 9.59 Å². The van der Waals surface area contributed by atoms with Crippen molar-refractivity contribution in [3.05, 3.63) is 24.3 Å². The summed E-state index contributed by atoms with van der Waals surface area (Å²) in [7, 11) is 2.09. The standard InChI is InChI=1S/C21H29N3O4/c1-15-19(28-18-6-4-3-5-17(18)27-15)21(26)23-9-7-16(8-10-23)20(25)24-13-11-22(2)12-14-24/h3-6,15-16,19H,7-14H2,1-2H3. The first-order valence-corrected chi connectivity index (χ1v) is 10.2. The second kappa shape index (κ2) is 7.99. The number of amides is 2. The van der Waals surface area contributed by atoms with Crippen LogP contribution >= 0.6 is 0 Å². The van der Waals surface area contributed by atoms with E-state index in [1.807, 2.05) is 41.0 Å². The van der Waals surface area contributed by atoms with E-state index in [1.165, 1.54) is 0 Å². The number of carbonyl (C=O) groups is 2. The van der Waals surface area contributed by atoms with Crippen LogP contribution in [0.4, 0.5) is 0 Å². The predicted octanol–water partition coefficient (Wildman–Crippen LogP) is 1.23. The van der Waals surface area contributed by atoms with Crippen LogP contribution < -0.4 is 9.47 Å². The van der Waals surface area contributed by atoms with Crippen LogP contribution in [0.5, 0.6) is 11.5 Å². The molecule has 0 aliphatic carbocycles. The van der Waals surface area contributed by atoms with Crippen molar-refractivity contribution in [2.24, 2.45) is 5.92 Å². The number of benzene rings is 1. The van der Waals surface area contributed by atoms with Gasteiger partial charge in [0.05, 0.1) is 0 Å². The van der Waals surface area contributed by atoms with Crippen molar-refractivity contribution in [3.63, 3.8) is 0 Å². The summed E-state index contributed by atoms with van der Waals surface area (Å²) in [5, 5.41) is 0. The van der Waals surface area contributed by atoms with Gasteiger partial charge in [-0.2, -0.15) is 0 Å². The zero-order valence-electron chi connectivity index (χ0n) is 16.7. The lowest BCUT2D eigenvalue weighted by Gasteiger charge is -2.39. The molecule has 2 unspecified atom stereocenters. The number of nitrogens with zero attached hydrogens (tertiary/aromatic N) is 3. The minimum absolute atomic E-state index is 0.0223. The molecule has 2 fully saturated rings. The lowest BCUT2D eigenvalue weighted by atomic mass is 9.94. The van der Waals surface area contributed by atoms with Crippen LogP contribution in [-0.4, -0.2) is 85.0 Å². The largest absolute Gasteiger partial charge is 0.482 e. The number of para-hydroxylation sites is 2. The van der Waals surface area contributed by atoms with Crippen LogP contribution in [0.1, 0.15) is 19.8 Å². The second-order valence-corrected chi connectivity index (χ2v) is 8.04. The Balaban J connectivity index is 1.32. The molecule has 0 spiro atoms. The van der Waals surface area contributed by atoms with Gasteiger partial charge in [-0.15, -0.1) is 0 Å². The molecule has 28 heavy (non-hydrogen) atoms. The van der Waals surface area contributed by atoms with Crippen LogP contribution in [0.15, 0.2) is 24.3 Å².